The van der Waals surface area contributed by atoms with Crippen molar-refractivity contribution in [1.82, 2.24) is 10.3 Å². The van der Waals surface area contributed by atoms with Crippen LogP contribution in [-0.4, -0.2) is 49.2 Å². The quantitative estimate of drug-likeness (QED) is 0.552. The van der Waals surface area contributed by atoms with E-state index in [0.29, 0.717) is 24.3 Å². The number of halogens is 1. The first kappa shape index (κ1) is 24.6. The van der Waals surface area contributed by atoms with Crippen molar-refractivity contribution < 1.29 is 37.7 Å². The zero-order chi connectivity index (χ0) is 23.7. The minimum atomic E-state index is -0.748. The summed E-state index contributed by atoms with van der Waals surface area (Å²) < 4.78 is 34.3. The molecule has 1 amide bonds. The van der Waals surface area contributed by atoms with Gasteiger partial charge in [-0.1, -0.05) is 6.07 Å². The second-order valence-corrected chi connectivity index (χ2v) is 6.66. The topological polar surface area (TPSA) is 113 Å². The molecule has 32 heavy (non-hydrogen) atoms. The van der Waals surface area contributed by atoms with Crippen molar-refractivity contribution in [3.63, 3.8) is 0 Å². The van der Waals surface area contributed by atoms with E-state index in [2.05, 4.69) is 10.3 Å². The van der Waals surface area contributed by atoms with E-state index in [1.807, 2.05) is 0 Å². The molecule has 1 atom stereocenters. The summed E-state index contributed by atoms with van der Waals surface area (Å²) in [6.07, 6.45) is 1.04. The van der Waals surface area contributed by atoms with Gasteiger partial charge < -0.3 is 24.3 Å². The van der Waals surface area contributed by atoms with E-state index in [1.165, 1.54) is 38.4 Å². The van der Waals surface area contributed by atoms with Crippen molar-refractivity contribution in [1.29, 1.82) is 0 Å². The lowest BCUT2D eigenvalue weighted by atomic mass is 10.1. The molecule has 172 valence electrons. The summed E-state index contributed by atoms with van der Waals surface area (Å²) in [4.78, 5) is 39.9. The number of esters is 2. The van der Waals surface area contributed by atoms with E-state index in [1.54, 1.807) is 19.9 Å². The van der Waals surface area contributed by atoms with Crippen LogP contribution in [0, 0.1) is 5.82 Å². The molecule has 0 aliphatic heterocycles. The smallest absolute Gasteiger partial charge is 0.325 e. The second-order valence-electron chi connectivity index (χ2n) is 6.66. The third-order valence-corrected chi connectivity index (χ3v) is 4.11. The van der Waals surface area contributed by atoms with Gasteiger partial charge in [-0.25, -0.2) is 9.37 Å². The van der Waals surface area contributed by atoms with Gasteiger partial charge in [0.05, 0.1) is 13.7 Å². The number of aromatic nitrogens is 1. The average molecular weight is 448 g/mol. The predicted molar refractivity (Wildman–Crippen MR) is 111 cm³/mol. The number of hydrogen-bond acceptors (Lipinski definition) is 8. The summed E-state index contributed by atoms with van der Waals surface area (Å²) >= 11 is 0. The summed E-state index contributed by atoms with van der Waals surface area (Å²) in [5.74, 6) is -2.16. The van der Waals surface area contributed by atoms with Gasteiger partial charge in [0.1, 0.15) is 24.2 Å². The fraction of sp³-hybridized carbons (Fsp3) is 0.364. The first-order chi connectivity index (χ1) is 15.2. The molecule has 0 radical (unpaired) electrons. The zero-order valence-corrected chi connectivity index (χ0v) is 18.3. The summed E-state index contributed by atoms with van der Waals surface area (Å²) in [7, 11) is 1.35. The Kier molecular flexibility index (Phi) is 8.94. The van der Waals surface area contributed by atoms with E-state index < -0.39 is 36.3 Å². The lowest BCUT2D eigenvalue weighted by Gasteiger charge is -2.16. The van der Waals surface area contributed by atoms with Crippen LogP contribution in [0.5, 0.6) is 17.2 Å². The van der Waals surface area contributed by atoms with Crippen molar-refractivity contribution in [2.45, 2.75) is 33.3 Å². The highest BCUT2D eigenvalue weighted by atomic mass is 19.1. The first-order valence-electron chi connectivity index (χ1n) is 9.85. The minimum absolute atomic E-state index is 0.140. The third kappa shape index (κ3) is 6.93. The largest absolute Gasteiger partial charge is 0.493 e. The van der Waals surface area contributed by atoms with Crippen LogP contribution in [0.2, 0.25) is 0 Å². The first-order valence-corrected chi connectivity index (χ1v) is 9.85. The van der Waals surface area contributed by atoms with Gasteiger partial charge in [0.25, 0.3) is 5.91 Å². The Hall–Kier alpha value is -3.69. The van der Waals surface area contributed by atoms with Crippen LogP contribution in [0.1, 0.15) is 36.8 Å². The molecule has 1 aromatic carbocycles. The molecule has 0 saturated heterocycles. The molecule has 10 heteroatoms. The van der Waals surface area contributed by atoms with Crippen molar-refractivity contribution in [3.8, 4) is 17.2 Å². The number of ether oxygens (including phenoxy) is 4. The van der Waals surface area contributed by atoms with E-state index >= 15 is 0 Å². The number of benzene rings is 1. The van der Waals surface area contributed by atoms with Crippen LogP contribution in [0.25, 0.3) is 0 Å². The second kappa shape index (κ2) is 11.6. The van der Waals surface area contributed by atoms with Crippen LogP contribution in [-0.2, 0) is 20.7 Å². The van der Waals surface area contributed by atoms with Gasteiger partial charge >= 0.3 is 11.9 Å². The van der Waals surface area contributed by atoms with Crippen molar-refractivity contribution in [2.75, 3.05) is 20.3 Å². The average Bonchev–Trinajstić information content (AvgIpc) is 2.74. The number of amides is 1. The number of nitrogens with one attached hydrogen (secondary N) is 1. The number of carbonyl (C=O) groups excluding carboxylic acids is 3. The highest BCUT2D eigenvalue weighted by molar-refractivity contribution is 5.98. The lowest BCUT2D eigenvalue weighted by Crippen LogP contribution is -2.33. The van der Waals surface area contributed by atoms with Crippen LogP contribution in [0.4, 0.5) is 4.39 Å². The van der Waals surface area contributed by atoms with Gasteiger partial charge in [0.2, 0.25) is 5.75 Å². The molecule has 0 aliphatic carbocycles. The van der Waals surface area contributed by atoms with Crippen LogP contribution >= 0.6 is 0 Å². The molecule has 1 aromatic heterocycles. The van der Waals surface area contributed by atoms with E-state index in [9.17, 15) is 18.8 Å². The molecule has 2 aromatic rings. The summed E-state index contributed by atoms with van der Waals surface area (Å²) in [5, 5.41) is 2.37. The summed E-state index contributed by atoms with van der Waals surface area (Å²) in [5.41, 5.74) is 0.470. The molecule has 0 fully saturated rings. The Bertz CT molecular complexity index is 981. The summed E-state index contributed by atoms with van der Waals surface area (Å²) in [6.45, 7) is 4.55. The number of pyridine rings is 1. The Morgan fingerprint density at radius 1 is 1.19 bits per heavy atom. The maximum absolute atomic E-state index is 13.4. The van der Waals surface area contributed by atoms with Gasteiger partial charge in [-0.05, 0) is 25.5 Å². The third-order valence-electron chi connectivity index (χ3n) is 4.11. The van der Waals surface area contributed by atoms with Crippen molar-refractivity contribution in [3.05, 3.63) is 47.5 Å². The highest BCUT2D eigenvalue weighted by Crippen LogP contribution is 2.29. The van der Waals surface area contributed by atoms with Crippen LogP contribution < -0.4 is 19.5 Å². The molecule has 1 unspecified atom stereocenters. The van der Waals surface area contributed by atoms with Gasteiger partial charge in [-0.15, -0.1) is 0 Å². The molecule has 9 nitrogen and oxygen atoms in total. The fourth-order valence-electron chi connectivity index (χ4n) is 2.84. The van der Waals surface area contributed by atoms with Gasteiger partial charge in [0, 0.05) is 31.7 Å². The minimum Gasteiger partial charge on any atom is -0.493 e. The Balaban J connectivity index is 1.97. The predicted octanol–water partition coefficient (Wildman–Crippen LogP) is 2.46. The van der Waals surface area contributed by atoms with Gasteiger partial charge in [0.15, 0.2) is 11.4 Å². The van der Waals surface area contributed by atoms with Gasteiger partial charge in [-0.2, -0.15) is 0 Å². The van der Waals surface area contributed by atoms with E-state index in [0.717, 1.165) is 0 Å². The maximum Gasteiger partial charge on any atom is 0.325 e. The van der Waals surface area contributed by atoms with E-state index in [-0.39, 0.29) is 17.2 Å². The number of methoxy groups -OCH3 is 1. The summed E-state index contributed by atoms with van der Waals surface area (Å²) in [6, 6.07) is 5.57. The zero-order valence-electron chi connectivity index (χ0n) is 18.3. The molecule has 0 bridgehead atoms. The number of rotatable bonds is 10. The Morgan fingerprint density at radius 3 is 2.59 bits per heavy atom. The monoisotopic (exact) mass is 448 g/mol. The number of carbonyl (C=O) groups is 3. The lowest BCUT2D eigenvalue weighted by molar-refractivity contribution is -0.146. The standard InChI is InChI=1S/C22H25FN2O7/c1-5-30-18-11-16(23)7-6-15(18)10-13(2)31-19(27)12-25-22(28)20-21(32-14(3)26)17(29-4)8-9-24-20/h6-9,11,13H,5,10,12H2,1-4H3,(H,25,28). The Labute approximate surface area is 184 Å². The highest BCUT2D eigenvalue weighted by Gasteiger charge is 2.22. The molecule has 1 N–H and O–H groups in total. The fourth-order valence-corrected chi connectivity index (χ4v) is 2.84. The number of hydrogen-bond donors (Lipinski definition) is 1. The Morgan fingerprint density at radius 2 is 1.94 bits per heavy atom. The van der Waals surface area contributed by atoms with Crippen molar-refractivity contribution in [2.24, 2.45) is 0 Å². The molecule has 0 aliphatic rings. The molecule has 0 spiro atoms. The molecule has 1 heterocycles. The SMILES string of the molecule is CCOc1cc(F)ccc1CC(C)OC(=O)CNC(=O)c1nccc(OC)c1OC(C)=O. The molecular weight excluding hydrogens is 423 g/mol. The van der Waals surface area contributed by atoms with Crippen LogP contribution in [0.3, 0.4) is 0 Å². The molecular formula is C22H25FN2O7. The van der Waals surface area contributed by atoms with Gasteiger partial charge in [-0.3, -0.25) is 14.4 Å². The van der Waals surface area contributed by atoms with Crippen molar-refractivity contribution >= 4 is 17.8 Å². The maximum atomic E-state index is 13.4. The molecule has 2 rings (SSSR count). The normalized spacial score (nSPS) is 11.3. The molecule has 0 saturated carbocycles. The number of nitrogens with zero attached hydrogens (tertiary/aromatic N) is 1. The van der Waals surface area contributed by atoms with Crippen LogP contribution in [0.15, 0.2) is 30.5 Å². The van der Waals surface area contributed by atoms with E-state index in [4.69, 9.17) is 18.9 Å².